The average molecular weight is 225 g/mol. The predicted octanol–water partition coefficient (Wildman–Crippen LogP) is 1.22. The van der Waals surface area contributed by atoms with Crippen molar-refractivity contribution in [3.63, 3.8) is 0 Å². The Kier molecular flexibility index (Phi) is 4.06. The lowest BCUT2D eigenvalue weighted by Crippen LogP contribution is -2.27. The van der Waals surface area contributed by atoms with Crippen LogP contribution in [0.2, 0.25) is 0 Å². The Bertz CT molecular complexity index is 353. The average Bonchev–Trinajstić information content (AvgIpc) is 2.28. The van der Waals surface area contributed by atoms with E-state index in [1.807, 2.05) is 20.8 Å². The third kappa shape index (κ3) is 3.06. The third-order valence-electron chi connectivity index (χ3n) is 2.39. The van der Waals surface area contributed by atoms with Gasteiger partial charge in [-0.05, 0) is 6.92 Å². The second-order valence-electron chi connectivity index (χ2n) is 4.53. The van der Waals surface area contributed by atoms with Gasteiger partial charge in [0.1, 0.15) is 12.1 Å². The second kappa shape index (κ2) is 5.12. The van der Waals surface area contributed by atoms with E-state index in [4.69, 9.17) is 9.84 Å². The van der Waals surface area contributed by atoms with Crippen LogP contribution in [0.25, 0.3) is 0 Å². The molecule has 0 saturated heterocycles. The van der Waals surface area contributed by atoms with Crippen LogP contribution in [-0.2, 0) is 0 Å². The first-order chi connectivity index (χ1) is 7.50. The van der Waals surface area contributed by atoms with Gasteiger partial charge in [-0.25, -0.2) is 9.97 Å². The topological polar surface area (TPSA) is 67.3 Å². The van der Waals surface area contributed by atoms with E-state index >= 15 is 0 Å². The molecule has 2 N–H and O–H groups in total. The molecule has 1 heterocycles. The Hall–Kier alpha value is -1.36. The van der Waals surface area contributed by atoms with Crippen LogP contribution in [0.4, 0.5) is 5.82 Å². The zero-order valence-corrected chi connectivity index (χ0v) is 10.2. The van der Waals surface area contributed by atoms with Crippen LogP contribution in [0.3, 0.4) is 0 Å². The molecule has 0 fully saturated rings. The Labute approximate surface area is 95.9 Å². The fourth-order valence-electron chi connectivity index (χ4n) is 1.20. The minimum absolute atomic E-state index is 0.126. The molecule has 0 aromatic carbocycles. The third-order valence-corrected chi connectivity index (χ3v) is 2.39. The molecule has 0 aliphatic carbocycles. The van der Waals surface area contributed by atoms with Crippen LogP contribution in [-0.4, -0.2) is 35.3 Å². The summed E-state index contributed by atoms with van der Waals surface area (Å²) in [4.78, 5) is 8.14. The zero-order chi connectivity index (χ0) is 12.2. The maximum atomic E-state index is 9.14. The van der Waals surface area contributed by atoms with Gasteiger partial charge in [-0.1, -0.05) is 13.8 Å². The summed E-state index contributed by atoms with van der Waals surface area (Å²) in [7, 11) is 1.58. The lowest BCUT2D eigenvalue weighted by atomic mass is 9.95. The van der Waals surface area contributed by atoms with Gasteiger partial charge in [0.05, 0.1) is 12.7 Å². The lowest BCUT2D eigenvalue weighted by Gasteiger charge is -2.22. The van der Waals surface area contributed by atoms with Gasteiger partial charge in [-0.15, -0.1) is 0 Å². The molecule has 0 atom stereocenters. The van der Waals surface area contributed by atoms with Crippen molar-refractivity contribution in [1.29, 1.82) is 0 Å². The van der Waals surface area contributed by atoms with Crippen LogP contribution in [0.15, 0.2) is 6.33 Å². The minimum Gasteiger partial charge on any atom is -0.481 e. The quantitative estimate of drug-likeness (QED) is 0.788. The highest BCUT2D eigenvalue weighted by Crippen LogP contribution is 2.21. The van der Waals surface area contributed by atoms with Crippen molar-refractivity contribution >= 4 is 5.82 Å². The fourth-order valence-corrected chi connectivity index (χ4v) is 1.20. The highest BCUT2D eigenvalue weighted by atomic mass is 16.5. The van der Waals surface area contributed by atoms with Crippen LogP contribution < -0.4 is 10.1 Å². The van der Waals surface area contributed by atoms with E-state index < -0.39 is 0 Å². The fraction of sp³-hybridized carbons (Fsp3) is 0.636. The van der Waals surface area contributed by atoms with Crippen LogP contribution in [0.5, 0.6) is 5.88 Å². The summed E-state index contributed by atoms with van der Waals surface area (Å²) in [5.74, 6) is 1.31. The molecular weight excluding hydrogens is 206 g/mol. The maximum Gasteiger partial charge on any atom is 0.221 e. The van der Waals surface area contributed by atoms with Gasteiger partial charge >= 0.3 is 0 Å². The normalized spacial score (nSPS) is 11.3. The smallest absolute Gasteiger partial charge is 0.221 e. The molecule has 0 bridgehead atoms. The van der Waals surface area contributed by atoms with Crippen molar-refractivity contribution in [3.05, 3.63) is 11.9 Å². The molecule has 0 spiro atoms. The summed E-state index contributed by atoms with van der Waals surface area (Å²) in [5.41, 5.74) is 0.698. The Morgan fingerprint density at radius 2 is 2.12 bits per heavy atom. The van der Waals surface area contributed by atoms with E-state index in [0.29, 0.717) is 12.4 Å². The zero-order valence-electron chi connectivity index (χ0n) is 10.2. The SMILES string of the molecule is COc1ncnc(NCC(C)(C)CO)c1C. The molecule has 5 heteroatoms. The van der Waals surface area contributed by atoms with Crippen molar-refractivity contribution in [2.75, 3.05) is 25.6 Å². The number of rotatable bonds is 5. The summed E-state index contributed by atoms with van der Waals surface area (Å²) >= 11 is 0. The van der Waals surface area contributed by atoms with E-state index in [2.05, 4.69) is 15.3 Å². The second-order valence-corrected chi connectivity index (χ2v) is 4.53. The monoisotopic (exact) mass is 225 g/mol. The van der Waals surface area contributed by atoms with Crippen molar-refractivity contribution in [2.45, 2.75) is 20.8 Å². The Morgan fingerprint density at radius 3 is 2.69 bits per heavy atom. The molecular formula is C11H19N3O2. The Morgan fingerprint density at radius 1 is 1.44 bits per heavy atom. The highest BCUT2D eigenvalue weighted by Gasteiger charge is 2.17. The van der Waals surface area contributed by atoms with Crippen molar-refractivity contribution in [1.82, 2.24) is 9.97 Å². The summed E-state index contributed by atoms with van der Waals surface area (Å²) in [6.07, 6.45) is 1.46. The van der Waals surface area contributed by atoms with Gasteiger partial charge in [0.2, 0.25) is 5.88 Å². The summed E-state index contributed by atoms with van der Waals surface area (Å²) in [6, 6.07) is 0. The number of hydrogen-bond acceptors (Lipinski definition) is 5. The summed E-state index contributed by atoms with van der Waals surface area (Å²) in [5, 5.41) is 12.3. The molecule has 90 valence electrons. The number of aliphatic hydroxyl groups excluding tert-OH is 1. The molecule has 0 radical (unpaired) electrons. The molecule has 1 rings (SSSR count). The van der Waals surface area contributed by atoms with Gasteiger partial charge in [0, 0.05) is 18.6 Å². The first kappa shape index (κ1) is 12.7. The molecule has 16 heavy (non-hydrogen) atoms. The van der Waals surface area contributed by atoms with Crippen LogP contribution in [0.1, 0.15) is 19.4 Å². The summed E-state index contributed by atoms with van der Waals surface area (Å²) < 4.78 is 5.10. The molecule has 5 nitrogen and oxygen atoms in total. The van der Waals surface area contributed by atoms with Gasteiger partial charge in [-0.2, -0.15) is 0 Å². The number of hydrogen-bond donors (Lipinski definition) is 2. The van der Waals surface area contributed by atoms with Crippen molar-refractivity contribution < 1.29 is 9.84 Å². The summed E-state index contributed by atoms with van der Waals surface area (Å²) in [6.45, 7) is 6.63. The number of ether oxygens (including phenoxy) is 1. The molecule has 0 saturated carbocycles. The van der Waals surface area contributed by atoms with Gasteiger partial charge in [0.15, 0.2) is 0 Å². The van der Waals surface area contributed by atoms with Crippen molar-refractivity contribution in [3.8, 4) is 5.88 Å². The van der Waals surface area contributed by atoms with E-state index in [1.54, 1.807) is 7.11 Å². The lowest BCUT2D eigenvalue weighted by molar-refractivity contribution is 0.170. The molecule has 1 aromatic heterocycles. The van der Waals surface area contributed by atoms with Crippen LogP contribution >= 0.6 is 0 Å². The number of anilines is 1. The molecule has 1 aromatic rings. The number of nitrogens with zero attached hydrogens (tertiary/aromatic N) is 2. The Balaban J connectivity index is 2.75. The maximum absolute atomic E-state index is 9.14. The molecule has 0 unspecified atom stereocenters. The first-order valence-corrected chi connectivity index (χ1v) is 5.20. The van der Waals surface area contributed by atoms with Crippen molar-refractivity contribution in [2.24, 2.45) is 5.41 Å². The first-order valence-electron chi connectivity index (χ1n) is 5.20. The molecule has 0 amide bonds. The predicted molar refractivity (Wildman–Crippen MR) is 62.7 cm³/mol. The van der Waals surface area contributed by atoms with E-state index in [9.17, 15) is 0 Å². The van der Waals surface area contributed by atoms with Gasteiger partial charge in [0.25, 0.3) is 0 Å². The van der Waals surface area contributed by atoms with E-state index in [-0.39, 0.29) is 12.0 Å². The van der Waals surface area contributed by atoms with E-state index in [0.717, 1.165) is 11.4 Å². The number of nitrogens with one attached hydrogen (secondary N) is 1. The number of aromatic nitrogens is 2. The molecule has 0 aliphatic heterocycles. The molecule has 0 aliphatic rings. The minimum atomic E-state index is -0.176. The van der Waals surface area contributed by atoms with E-state index in [1.165, 1.54) is 6.33 Å². The largest absolute Gasteiger partial charge is 0.481 e. The van der Waals surface area contributed by atoms with Gasteiger partial charge < -0.3 is 15.2 Å². The van der Waals surface area contributed by atoms with Crippen LogP contribution in [0, 0.1) is 12.3 Å². The number of aliphatic hydroxyl groups is 1. The standard InChI is InChI=1S/C11H19N3O2/c1-8-9(12-5-11(2,3)6-15)13-7-14-10(8)16-4/h7,15H,5-6H2,1-4H3,(H,12,13,14). The highest BCUT2D eigenvalue weighted by molar-refractivity contribution is 5.47. The van der Waals surface area contributed by atoms with Gasteiger partial charge in [-0.3, -0.25) is 0 Å². The number of methoxy groups -OCH3 is 1.